The van der Waals surface area contributed by atoms with Gasteiger partial charge < -0.3 is 11.1 Å². The van der Waals surface area contributed by atoms with Crippen molar-refractivity contribution in [1.82, 2.24) is 5.32 Å². The average molecular weight is 476 g/mol. The first kappa shape index (κ1) is 23.1. The van der Waals surface area contributed by atoms with Crippen molar-refractivity contribution in [3.8, 4) is 0 Å². The van der Waals surface area contributed by atoms with Gasteiger partial charge in [-0.15, -0.1) is 0 Å². The van der Waals surface area contributed by atoms with Crippen LogP contribution >= 0.6 is 11.6 Å². The number of hydrogen-bond acceptors (Lipinski definition) is 4. The van der Waals surface area contributed by atoms with Gasteiger partial charge in [0.1, 0.15) is 6.54 Å². The van der Waals surface area contributed by atoms with Crippen molar-refractivity contribution in [2.75, 3.05) is 23.1 Å². The highest BCUT2D eigenvalue weighted by Crippen LogP contribution is 2.53. The Morgan fingerprint density at radius 2 is 1.94 bits per heavy atom. The van der Waals surface area contributed by atoms with Crippen molar-refractivity contribution >= 4 is 33.2 Å². The second-order valence-electron chi connectivity index (χ2n) is 8.83. The second kappa shape index (κ2) is 9.04. The quantitative estimate of drug-likeness (QED) is 0.609. The van der Waals surface area contributed by atoms with Gasteiger partial charge in [-0.25, -0.2) is 8.42 Å². The van der Waals surface area contributed by atoms with E-state index in [1.165, 1.54) is 15.4 Å². The molecule has 1 atom stereocenters. The van der Waals surface area contributed by atoms with Gasteiger partial charge in [-0.2, -0.15) is 0 Å². The maximum Gasteiger partial charge on any atom is 0.238 e. The number of carbonyl (C=O) groups is 1. The molecule has 8 heteroatoms. The van der Waals surface area contributed by atoms with Crippen molar-refractivity contribution in [3.05, 3.63) is 64.2 Å². The van der Waals surface area contributed by atoms with Gasteiger partial charge in [0.15, 0.2) is 0 Å². The van der Waals surface area contributed by atoms with Crippen LogP contribution in [0.5, 0.6) is 0 Å². The van der Waals surface area contributed by atoms with Crippen LogP contribution in [-0.4, -0.2) is 33.2 Å². The summed E-state index contributed by atoms with van der Waals surface area (Å²) >= 11 is 6.14. The summed E-state index contributed by atoms with van der Waals surface area (Å²) in [4.78, 5) is 11.7. The first-order valence-electron chi connectivity index (χ1n) is 11.2. The number of amides is 1. The Balaban J connectivity index is 1.78. The highest BCUT2D eigenvalue weighted by molar-refractivity contribution is 7.92. The molecular formula is C24H30ClN3O3S. The van der Waals surface area contributed by atoms with E-state index in [-0.39, 0.29) is 23.8 Å². The molecule has 0 spiro atoms. The lowest BCUT2D eigenvalue weighted by Crippen LogP contribution is -2.49. The fourth-order valence-corrected chi connectivity index (χ4v) is 6.75. The van der Waals surface area contributed by atoms with Crippen LogP contribution in [0.25, 0.3) is 0 Å². The van der Waals surface area contributed by atoms with E-state index in [0.717, 1.165) is 37.8 Å². The SMILES string of the molecule is CCCS(=O)(=O)N(CC(N)=O)c1ccc2c(c1)C(C1(c3ccc(Cl)cc3)CCC1)NCC2. The van der Waals surface area contributed by atoms with Crippen LogP contribution in [-0.2, 0) is 26.7 Å². The molecular weight excluding hydrogens is 446 g/mol. The van der Waals surface area contributed by atoms with Crippen molar-refractivity contribution < 1.29 is 13.2 Å². The highest BCUT2D eigenvalue weighted by Gasteiger charge is 2.47. The Hall–Kier alpha value is -2.09. The van der Waals surface area contributed by atoms with Crippen LogP contribution in [0.4, 0.5) is 5.69 Å². The van der Waals surface area contributed by atoms with Crippen LogP contribution in [0, 0.1) is 0 Å². The Morgan fingerprint density at radius 1 is 1.22 bits per heavy atom. The van der Waals surface area contributed by atoms with Crippen molar-refractivity contribution in [2.24, 2.45) is 5.73 Å². The summed E-state index contributed by atoms with van der Waals surface area (Å²) in [5.41, 5.74) is 9.40. The zero-order valence-corrected chi connectivity index (χ0v) is 19.9. The summed E-state index contributed by atoms with van der Waals surface area (Å²) in [6.07, 6.45) is 4.59. The molecule has 1 heterocycles. The standard InChI is InChI=1S/C24H30ClN3O3S/c1-2-14-32(30,31)28(16-22(26)29)20-9-4-17-10-13-27-23(21(17)15-20)24(11-3-12-24)18-5-7-19(25)8-6-18/h4-9,15,23,27H,2-3,10-14,16H2,1H3,(H2,26,29). The molecule has 0 radical (unpaired) electrons. The van der Waals surface area contributed by atoms with Gasteiger partial charge in [-0.3, -0.25) is 9.10 Å². The summed E-state index contributed by atoms with van der Waals surface area (Å²) in [5.74, 6) is -0.706. The number of sulfonamides is 1. The maximum atomic E-state index is 12.9. The Labute approximate surface area is 195 Å². The number of benzene rings is 2. The second-order valence-corrected chi connectivity index (χ2v) is 11.3. The zero-order valence-electron chi connectivity index (χ0n) is 18.3. The summed E-state index contributed by atoms with van der Waals surface area (Å²) in [6, 6.07) is 13.9. The predicted molar refractivity (Wildman–Crippen MR) is 128 cm³/mol. The zero-order chi connectivity index (χ0) is 22.9. The van der Waals surface area contributed by atoms with Gasteiger partial charge in [0.2, 0.25) is 15.9 Å². The van der Waals surface area contributed by atoms with E-state index < -0.39 is 15.9 Å². The van der Waals surface area contributed by atoms with Crippen molar-refractivity contribution in [3.63, 3.8) is 0 Å². The third-order valence-electron chi connectivity index (χ3n) is 6.79. The predicted octanol–water partition coefficient (Wildman–Crippen LogP) is 3.68. The van der Waals surface area contributed by atoms with Crippen LogP contribution < -0.4 is 15.4 Å². The number of hydrogen-bond donors (Lipinski definition) is 2. The molecule has 1 aliphatic heterocycles. The number of rotatable bonds is 8. The smallest absolute Gasteiger partial charge is 0.238 e. The van der Waals surface area contributed by atoms with E-state index in [2.05, 4.69) is 17.4 Å². The van der Waals surface area contributed by atoms with Gasteiger partial charge in [-0.05, 0) is 73.2 Å². The molecule has 32 heavy (non-hydrogen) atoms. The van der Waals surface area contributed by atoms with Crippen LogP contribution in [0.2, 0.25) is 5.02 Å². The van der Waals surface area contributed by atoms with E-state index in [9.17, 15) is 13.2 Å². The summed E-state index contributed by atoms with van der Waals surface area (Å²) in [5, 5.41) is 4.42. The Kier molecular flexibility index (Phi) is 6.52. The van der Waals surface area contributed by atoms with Crippen LogP contribution in [0.15, 0.2) is 42.5 Å². The molecule has 1 amide bonds. The van der Waals surface area contributed by atoms with Crippen LogP contribution in [0.3, 0.4) is 0 Å². The summed E-state index contributed by atoms with van der Waals surface area (Å²) in [6.45, 7) is 2.31. The molecule has 1 fully saturated rings. The lowest BCUT2D eigenvalue weighted by molar-refractivity contribution is -0.116. The minimum atomic E-state index is -3.65. The number of halogens is 1. The molecule has 3 N–H and O–H groups in total. The van der Waals surface area contributed by atoms with E-state index >= 15 is 0 Å². The lowest BCUT2D eigenvalue weighted by atomic mass is 9.58. The molecule has 2 aliphatic rings. The third kappa shape index (κ3) is 4.26. The topological polar surface area (TPSA) is 92.5 Å². The minimum absolute atomic E-state index is 0.0340. The largest absolute Gasteiger partial charge is 0.368 e. The van der Waals surface area contributed by atoms with E-state index in [1.54, 1.807) is 13.0 Å². The number of nitrogens with two attached hydrogens (primary N) is 1. The Bertz CT molecular complexity index is 1100. The first-order valence-corrected chi connectivity index (χ1v) is 13.2. The molecule has 2 aromatic carbocycles. The molecule has 1 unspecified atom stereocenters. The molecule has 172 valence electrons. The van der Waals surface area contributed by atoms with Crippen LogP contribution in [0.1, 0.15) is 55.3 Å². The molecule has 1 saturated carbocycles. The van der Waals surface area contributed by atoms with Gasteiger partial charge in [0.25, 0.3) is 0 Å². The average Bonchev–Trinajstić information content (AvgIpc) is 2.72. The molecule has 1 aliphatic carbocycles. The summed E-state index contributed by atoms with van der Waals surface area (Å²) < 4.78 is 27.0. The first-order chi connectivity index (χ1) is 15.3. The Morgan fingerprint density at radius 3 is 2.53 bits per heavy atom. The van der Waals surface area contributed by atoms with Gasteiger partial charge in [0.05, 0.1) is 11.4 Å². The monoisotopic (exact) mass is 475 g/mol. The number of anilines is 1. The number of nitrogens with one attached hydrogen (secondary N) is 1. The fraction of sp³-hybridized carbons (Fsp3) is 0.458. The van der Waals surface area contributed by atoms with E-state index in [1.807, 2.05) is 24.3 Å². The van der Waals surface area contributed by atoms with Gasteiger partial charge >= 0.3 is 0 Å². The molecule has 0 bridgehead atoms. The number of primary amides is 1. The fourth-order valence-electron chi connectivity index (χ4n) is 5.13. The molecule has 2 aromatic rings. The van der Waals surface area contributed by atoms with E-state index in [0.29, 0.717) is 17.1 Å². The molecule has 0 aromatic heterocycles. The highest BCUT2D eigenvalue weighted by atomic mass is 35.5. The van der Waals surface area contributed by atoms with Gasteiger partial charge in [0, 0.05) is 16.5 Å². The normalized spacial score (nSPS) is 19.6. The van der Waals surface area contributed by atoms with Crippen molar-refractivity contribution in [2.45, 2.75) is 50.5 Å². The number of nitrogens with zero attached hydrogens (tertiary/aromatic N) is 1. The number of carbonyl (C=O) groups excluding carboxylic acids is 1. The minimum Gasteiger partial charge on any atom is -0.368 e. The van der Waals surface area contributed by atoms with Gasteiger partial charge in [-0.1, -0.05) is 43.1 Å². The third-order valence-corrected chi connectivity index (χ3v) is 8.97. The molecule has 6 nitrogen and oxygen atoms in total. The number of fused-ring (bicyclic) bond motifs is 1. The summed E-state index contributed by atoms with van der Waals surface area (Å²) in [7, 11) is -3.65. The van der Waals surface area contributed by atoms with E-state index in [4.69, 9.17) is 17.3 Å². The van der Waals surface area contributed by atoms with Crippen molar-refractivity contribution in [1.29, 1.82) is 0 Å². The maximum absolute atomic E-state index is 12.9. The molecule has 4 rings (SSSR count). The lowest BCUT2D eigenvalue weighted by Gasteiger charge is -2.50. The molecule has 0 saturated heterocycles.